The maximum absolute atomic E-state index is 13.9. The highest BCUT2D eigenvalue weighted by atomic mass is 16.5. The zero-order valence-corrected chi connectivity index (χ0v) is 22.2. The number of hydrogen-bond acceptors (Lipinski definition) is 7. The molecule has 3 aliphatic carbocycles. The molecular formula is C32H29NO7. The first-order chi connectivity index (χ1) is 19.2. The van der Waals surface area contributed by atoms with E-state index in [1.165, 1.54) is 18.1 Å². The predicted molar refractivity (Wildman–Crippen MR) is 145 cm³/mol. The quantitative estimate of drug-likeness (QED) is 0.337. The van der Waals surface area contributed by atoms with Gasteiger partial charge >= 0.3 is 0 Å². The Morgan fingerprint density at radius 2 is 1.73 bits per heavy atom. The predicted octanol–water partition coefficient (Wildman–Crippen LogP) is 3.78. The third-order valence-electron chi connectivity index (χ3n) is 8.78. The van der Waals surface area contributed by atoms with Gasteiger partial charge in [0.05, 0.1) is 18.9 Å². The standard InChI is InChI=1S/C32H29NO7/c1-16-14-24(35)28-23(29(16)36)15-22-19(26(28)20-4-3-5-25(40-2)30(20)37)10-11-21-27(22)32(39)33(31(21)38)13-12-17-6-8-18(34)9-7-17/h3-10,14,21-22,26-27,34,37H,11-13,15H2,1-2H3/t21-,22+,26+,27-/m0/s1. The van der Waals surface area contributed by atoms with Crippen LogP contribution in [0.25, 0.3) is 0 Å². The van der Waals surface area contributed by atoms with Crippen LogP contribution in [0.5, 0.6) is 17.2 Å². The van der Waals surface area contributed by atoms with Crippen molar-refractivity contribution >= 4 is 23.4 Å². The lowest BCUT2D eigenvalue weighted by atomic mass is 9.59. The molecule has 8 heteroatoms. The molecule has 2 aromatic rings. The van der Waals surface area contributed by atoms with E-state index < -0.39 is 23.7 Å². The van der Waals surface area contributed by atoms with Crippen LogP contribution < -0.4 is 4.74 Å². The van der Waals surface area contributed by atoms with Gasteiger partial charge in [0.2, 0.25) is 11.8 Å². The number of likely N-dealkylation sites (tertiary alicyclic amines) is 1. The number of nitrogens with zero attached hydrogens (tertiary/aromatic N) is 1. The fraction of sp³-hybridized carbons (Fsp3) is 0.312. The van der Waals surface area contributed by atoms with Gasteiger partial charge in [0.1, 0.15) is 5.75 Å². The lowest BCUT2D eigenvalue weighted by molar-refractivity contribution is -0.140. The SMILES string of the molecule is COc1cccc([C@H]2C3=CC[C@@H]4C(=O)N(CCc5ccc(O)cc5)C(=O)[C@@H]4[C@@H]3CC3=C2C(=O)C=C(C)C3=O)c1O. The maximum atomic E-state index is 13.9. The molecule has 0 bridgehead atoms. The molecule has 0 aromatic heterocycles. The monoisotopic (exact) mass is 539 g/mol. The Morgan fingerprint density at radius 3 is 2.45 bits per heavy atom. The van der Waals surface area contributed by atoms with E-state index in [-0.39, 0.29) is 53.6 Å². The Bertz CT molecular complexity index is 1560. The summed E-state index contributed by atoms with van der Waals surface area (Å²) in [5, 5.41) is 20.7. The fourth-order valence-corrected chi connectivity index (χ4v) is 6.86. The van der Waals surface area contributed by atoms with Gasteiger partial charge in [-0.05, 0) is 61.9 Å². The molecule has 0 saturated carbocycles. The molecule has 8 nitrogen and oxygen atoms in total. The molecule has 40 heavy (non-hydrogen) atoms. The summed E-state index contributed by atoms with van der Waals surface area (Å²) >= 11 is 0. The van der Waals surface area contributed by atoms with E-state index >= 15 is 0 Å². The van der Waals surface area contributed by atoms with Crippen molar-refractivity contribution < 1.29 is 34.1 Å². The smallest absolute Gasteiger partial charge is 0.233 e. The molecule has 2 aromatic carbocycles. The van der Waals surface area contributed by atoms with Crippen molar-refractivity contribution in [2.24, 2.45) is 17.8 Å². The van der Waals surface area contributed by atoms with Crippen LogP contribution in [0.1, 0.15) is 36.8 Å². The number of amides is 2. The number of allylic oxidation sites excluding steroid dienone is 6. The average molecular weight is 540 g/mol. The van der Waals surface area contributed by atoms with Gasteiger partial charge in [0.15, 0.2) is 23.1 Å². The lowest BCUT2D eigenvalue weighted by Crippen LogP contribution is -2.40. The summed E-state index contributed by atoms with van der Waals surface area (Å²) < 4.78 is 5.33. The normalized spacial score (nSPS) is 25.8. The summed E-state index contributed by atoms with van der Waals surface area (Å²) in [6.45, 7) is 1.82. The van der Waals surface area contributed by atoms with E-state index in [0.29, 0.717) is 35.1 Å². The minimum Gasteiger partial charge on any atom is -0.508 e. The molecule has 4 aliphatic rings. The molecule has 1 heterocycles. The molecule has 2 amide bonds. The average Bonchev–Trinajstić information content (AvgIpc) is 3.19. The van der Waals surface area contributed by atoms with Gasteiger partial charge in [-0.15, -0.1) is 0 Å². The first-order valence-corrected chi connectivity index (χ1v) is 13.4. The summed E-state index contributed by atoms with van der Waals surface area (Å²) in [6.07, 6.45) is 4.24. The molecule has 204 valence electrons. The molecule has 1 saturated heterocycles. The molecule has 6 rings (SSSR count). The Hall–Kier alpha value is -4.46. The van der Waals surface area contributed by atoms with Crippen LogP contribution >= 0.6 is 0 Å². The number of ether oxygens (including phenoxy) is 1. The molecule has 1 fully saturated rings. The van der Waals surface area contributed by atoms with Crippen LogP contribution in [-0.2, 0) is 25.6 Å². The number of benzene rings is 2. The number of carbonyl (C=O) groups is 4. The number of rotatable bonds is 5. The highest BCUT2D eigenvalue weighted by molar-refractivity contribution is 6.23. The van der Waals surface area contributed by atoms with Gasteiger partial charge in [-0.25, -0.2) is 0 Å². The number of carbonyl (C=O) groups excluding carboxylic acids is 4. The van der Waals surface area contributed by atoms with Crippen molar-refractivity contribution in [2.75, 3.05) is 13.7 Å². The largest absolute Gasteiger partial charge is 0.508 e. The van der Waals surface area contributed by atoms with Crippen molar-refractivity contribution in [1.29, 1.82) is 0 Å². The zero-order chi connectivity index (χ0) is 28.3. The van der Waals surface area contributed by atoms with Gasteiger partial charge < -0.3 is 14.9 Å². The second-order valence-electron chi connectivity index (χ2n) is 10.9. The number of ketones is 2. The van der Waals surface area contributed by atoms with Gasteiger partial charge in [0, 0.05) is 34.7 Å². The third kappa shape index (κ3) is 3.89. The molecule has 1 aliphatic heterocycles. The number of methoxy groups -OCH3 is 1. The number of para-hydroxylation sites is 1. The first kappa shape index (κ1) is 25.8. The van der Waals surface area contributed by atoms with Gasteiger partial charge in [0.25, 0.3) is 0 Å². The van der Waals surface area contributed by atoms with E-state index in [2.05, 4.69) is 0 Å². The number of imide groups is 1. The summed E-state index contributed by atoms with van der Waals surface area (Å²) in [4.78, 5) is 55.4. The number of phenolic OH excluding ortho intramolecular Hbond substituents is 2. The third-order valence-corrected chi connectivity index (χ3v) is 8.78. The van der Waals surface area contributed by atoms with Crippen molar-refractivity contribution in [3.05, 3.63) is 88.0 Å². The summed E-state index contributed by atoms with van der Waals surface area (Å²) in [6, 6.07) is 11.7. The summed E-state index contributed by atoms with van der Waals surface area (Å²) in [7, 11) is 1.44. The number of hydrogen-bond donors (Lipinski definition) is 2. The summed E-state index contributed by atoms with van der Waals surface area (Å²) in [5.74, 6) is -3.19. The van der Waals surface area contributed by atoms with Gasteiger partial charge in [-0.3, -0.25) is 24.1 Å². The summed E-state index contributed by atoms with van der Waals surface area (Å²) in [5.41, 5.74) is 3.10. The highest BCUT2D eigenvalue weighted by Gasteiger charge is 2.56. The molecular weight excluding hydrogens is 510 g/mol. The Labute approximate surface area is 231 Å². The van der Waals surface area contributed by atoms with Crippen molar-refractivity contribution in [1.82, 2.24) is 4.90 Å². The van der Waals surface area contributed by atoms with Gasteiger partial charge in [-0.1, -0.05) is 35.9 Å². The number of phenols is 2. The van der Waals surface area contributed by atoms with Crippen molar-refractivity contribution in [3.63, 3.8) is 0 Å². The zero-order valence-electron chi connectivity index (χ0n) is 22.2. The molecule has 4 atom stereocenters. The highest BCUT2D eigenvalue weighted by Crippen LogP contribution is 2.56. The maximum Gasteiger partial charge on any atom is 0.233 e. The Balaban J connectivity index is 1.40. The van der Waals surface area contributed by atoms with Crippen molar-refractivity contribution in [2.45, 2.75) is 32.1 Å². The second-order valence-corrected chi connectivity index (χ2v) is 10.9. The minimum absolute atomic E-state index is 0.124. The molecule has 0 unspecified atom stereocenters. The fourth-order valence-electron chi connectivity index (χ4n) is 6.86. The first-order valence-electron chi connectivity index (χ1n) is 13.4. The Kier molecular flexibility index (Phi) is 6.21. The second kappa shape index (κ2) is 9.62. The van der Waals surface area contributed by atoms with E-state index in [4.69, 9.17) is 4.74 Å². The minimum atomic E-state index is -0.737. The number of Topliss-reactive ketones (excluding diaryl/α,β-unsaturated/α-hetero) is 1. The molecule has 2 N–H and O–H groups in total. The van der Waals surface area contributed by atoms with Crippen LogP contribution in [0.4, 0.5) is 0 Å². The molecule has 0 spiro atoms. The van der Waals surface area contributed by atoms with E-state index in [1.54, 1.807) is 49.4 Å². The van der Waals surface area contributed by atoms with Crippen LogP contribution in [0, 0.1) is 17.8 Å². The van der Waals surface area contributed by atoms with Gasteiger partial charge in [-0.2, -0.15) is 0 Å². The van der Waals surface area contributed by atoms with Crippen molar-refractivity contribution in [3.8, 4) is 17.2 Å². The van der Waals surface area contributed by atoms with E-state index in [0.717, 1.165) is 11.1 Å². The topological polar surface area (TPSA) is 121 Å². The number of fused-ring (bicyclic) bond motifs is 3. The number of aromatic hydroxyl groups is 2. The lowest BCUT2D eigenvalue weighted by Gasteiger charge is -2.42. The van der Waals surface area contributed by atoms with Crippen LogP contribution in [0.2, 0.25) is 0 Å². The van der Waals surface area contributed by atoms with Crippen LogP contribution in [-0.4, -0.2) is 52.1 Å². The van der Waals surface area contributed by atoms with Crippen LogP contribution in [0.3, 0.4) is 0 Å². The van der Waals surface area contributed by atoms with E-state index in [1.807, 2.05) is 6.08 Å². The van der Waals surface area contributed by atoms with Crippen LogP contribution in [0.15, 0.2) is 76.9 Å². The molecule has 0 radical (unpaired) electrons. The Morgan fingerprint density at radius 1 is 0.975 bits per heavy atom. The van der Waals surface area contributed by atoms with E-state index in [9.17, 15) is 29.4 Å².